The molecule has 0 radical (unpaired) electrons. The van der Waals surface area contributed by atoms with Crippen LogP contribution >= 0.6 is 22.7 Å². The molecular formula is C13H15N3O3S2. The molecule has 0 saturated heterocycles. The summed E-state index contributed by atoms with van der Waals surface area (Å²) in [6.45, 7) is 2.47. The predicted molar refractivity (Wildman–Crippen MR) is 81.0 cm³/mol. The molecule has 2 rings (SSSR count). The van der Waals surface area contributed by atoms with Crippen molar-refractivity contribution in [3.05, 3.63) is 32.2 Å². The molecule has 0 saturated carbocycles. The van der Waals surface area contributed by atoms with Crippen molar-refractivity contribution in [2.24, 2.45) is 0 Å². The van der Waals surface area contributed by atoms with E-state index in [2.05, 4.69) is 15.3 Å². The first-order valence-corrected chi connectivity index (χ1v) is 8.22. The zero-order chi connectivity index (χ0) is 15.2. The van der Waals surface area contributed by atoms with Gasteiger partial charge >= 0.3 is 5.97 Å². The molecule has 0 aliphatic heterocycles. The number of amides is 1. The summed E-state index contributed by atoms with van der Waals surface area (Å²) in [5.74, 6) is -1.12. The van der Waals surface area contributed by atoms with Gasteiger partial charge in [-0.2, -0.15) is 0 Å². The normalized spacial score (nSPS) is 10.5. The second-order valence-electron chi connectivity index (χ2n) is 4.29. The Morgan fingerprint density at radius 1 is 1.24 bits per heavy atom. The van der Waals surface area contributed by atoms with Crippen molar-refractivity contribution in [1.82, 2.24) is 15.3 Å². The molecule has 112 valence electrons. The average Bonchev–Trinajstić information content (AvgIpc) is 3.07. The summed E-state index contributed by atoms with van der Waals surface area (Å²) in [6, 6.07) is 0. The molecule has 2 heterocycles. The summed E-state index contributed by atoms with van der Waals surface area (Å²) in [5, 5.41) is 16.7. The van der Waals surface area contributed by atoms with E-state index in [-0.39, 0.29) is 18.0 Å². The maximum atomic E-state index is 11.8. The van der Waals surface area contributed by atoms with Crippen molar-refractivity contribution in [3.8, 4) is 0 Å². The van der Waals surface area contributed by atoms with Crippen LogP contribution in [0.15, 0.2) is 10.8 Å². The molecule has 0 aromatic carbocycles. The first kappa shape index (κ1) is 15.6. The van der Waals surface area contributed by atoms with Crippen molar-refractivity contribution in [1.29, 1.82) is 0 Å². The minimum Gasteiger partial charge on any atom is -0.476 e. The Morgan fingerprint density at radius 3 is 2.62 bits per heavy atom. The molecule has 0 unspecified atom stereocenters. The monoisotopic (exact) mass is 325 g/mol. The van der Waals surface area contributed by atoms with Gasteiger partial charge < -0.3 is 10.4 Å². The molecule has 6 nitrogen and oxygen atoms in total. The van der Waals surface area contributed by atoms with Crippen LogP contribution in [0.2, 0.25) is 0 Å². The highest BCUT2D eigenvalue weighted by Crippen LogP contribution is 2.11. The lowest BCUT2D eigenvalue weighted by Gasteiger charge is -2.02. The lowest BCUT2D eigenvalue weighted by atomic mass is 10.3. The third kappa shape index (κ3) is 4.61. The van der Waals surface area contributed by atoms with E-state index in [9.17, 15) is 9.59 Å². The van der Waals surface area contributed by atoms with Gasteiger partial charge in [-0.1, -0.05) is 6.92 Å². The van der Waals surface area contributed by atoms with E-state index in [1.165, 1.54) is 16.7 Å². The Hall–Kier alpha value is -1.80. The van der Waals surface area contributed by atoms with Crippen LogP contribution < -0.4 is 5.32 Å². The summed E-state index contributed by atoms with van der Waals surface area (Å²) < 4.78 is 0. The van der Waals surface area contributed by atoms with Gasteiger partial charge in [0.05, 0.1) is 22.1 Å². The molecule has 2 aromatic heterocycles. The van der Waals surface area contributed by atoms with Gasteiger partial charge in [0.1, 0.15) is 0 Å². The number of aromatic carboxylic acids is 1. The third-order valence-electron chi connectivity index (χ3n) is 2.68. The van der Waals surface area contributed by atoms with Gasteiger partial charge in [-0.05, 0) is 6.42 Å². The second-order valence-corrected chi connectivity index (χ2v) is 6.18. The number of carbonyl (C=O) groups excluding carboxylic acids is 1. The van der Waals surface area contributed by atoms with Gasteiger partial charge in [0.25, 0.3) is 0 Å². The van der Waals surface area contributed by atoms with E-state index in [0.29, 0.717) is 18.0 Å². The summed E-state index contributed by atoms with van der Waals surface area (Å²) in [6.07, 6.45) is 1.68. The number of rotatable bonds is 7. The number of hydrogen-bond acceptors (Lipinski definition) is 6. The molecule has 0 bridgehead atoms. The molecule has 0 aliphatic rings. The molecule has 8 heteroatoms. The van der Waals surface area contributed by atoms with Crippen molar-refractivity contribution in [2.75, 3.05) is 6.54 Å². The van der Waals surface area contributed by atoms with Crippen LogP contribution in [0.3, 0.4) is 0 Å². The molecule has 2 N–H and O–H groups in total. The second kappa shape index (κ2) is 7.28. The van der Waals surface area contributed by atoms with Crippen molar-refractivity contribution >= 4 is 34.6 Å². The Labute approximate surface area is 129 Å². The van der Waals surface area contributed by atoms with Gasteiger partial charge in [-0.25, -0.2) is 14.8 Å². The molecule has 1 amide bonds. The smallest absolute Gasteiger partial charge is 0.355 e. The topological polar surface area (TPSA) is 92.2 Å². The van der Waals surface area contributed by atoms with Gasteiger partial charge in [-0.15, -0.1) is 22.7 Å². The number of nitrogens with one attached hydrogen (secondary N) is 1. The number of aromatic nitrogens is 2. The van der Waals surface area contributed by atoms with Crippen LogP contribution in [0.25, 0.3) is 0 Å². The van der Waals surface area contributed by atoms with Crippen molar-refractivity contribution < 1.29 is 14.7 Å². The summed E-state index contributed by atoms with van der Waals surface area (Å²) in [5.41, 5.74) is 0.840. The predicted octanol–water partition coefficient (Wildman–Crippen LogP) is 1.76. The zero-order valence-electron chi connectivity index (χ0n) is 11.5. The third-order valence-corrected chi connectivity index (χ3v) is 4.63. The van der Waals surface area contributed by atoms with E-state index >= 15 is 0 Å². The Morgan fingerprint density at radius 2 is 2.00 bits per heavy atom. The number of carboxylic acid groups (broad SMARTS) is 1. The maximum Gasteiger partial charge on any atom is 0.355 e. The number of hydrogen-bond donors (Lipinski definition) is 2. The number of carboxylic acids is 1. The molecule has 2 aromatic rings. The van der Waals surface area contributed by atoms with E-state index in [0.717, 1.165) is 17.1 Å². The summed E-state index contributed by atoms with van der Waals surface area (Å²) >= 11 is 2.85. The number of carbonyl (C=O) groups is 2. The molecular weight excluding hydrogens is 310 g/mol. The molecule has 21 heavy (non-hydrogen) atoms. The fourth-order valence-electron chi connectivity index (χ4n) is 1.65. The quantitative estimate of drug-likeness (QED) is 0.809. The average molecular weight is 325 g/mol. The van der Waals surface area contributed by atoms with Crippen molar-refractivity contribution in [3.63, 3.8) is 0 Å². The Balaban J connectivity index is 1.74. The van der Waals surface area contributed by atoms with Crippen LogP contribution in [0.4, 0.5) is 0 Å². The van der Waals surface area contributed by atoms with Gasteiger partial charge in [0.15, 0.2) is 5.69 Å². The van der Waals surface area contributed by atoms with Crippen LogP contribution in [0.1, 0.15) is 33.1 Å². The number of aryl methyl sites for hydroxylation is 1. The van der Waals surface area contributed by atoms with E-state index in [1.54, 1.807) is 11.3 Å². The minimum atomic E-state index is -1.03. The highest BCUT2D eigenvalue weighted by molar-refractivity contribution is 7.10. The number of nitrogens with zero attached hydrogens (tertiary/aromatic N) is 2. The zero-order valence-corrected chi connectivity index (χ0v) is 13.1. The lowest BCUT2D eigenvalue weighted by Crippen LogP contribution is -2.27. The highest BCUT2D eigenvalue weighted by Gasteiger charge is 2.10. The van der Waals surface area contributed by atoms with Gasteiger partial charge in [0.2, 0.25) is 5.91 Å². The van der Waals surface area contributed by atoms with Crippen LogP contribution in [-0.4, -0.2) is 33.5 Å². The fourth-order valence-corrected chi connectivity index (χ4v) is 3.17. The molecule has 0 atom stereocenters. The summed E-state index contributed by atoms with van der Waals surface area (Å²) in [4.78, 5) is 30.8. The SMILES string of the molecule is CCc1nc(CC(=O)NCCc2nc(C(=O)O)cs2)cs1. The molecule has 0 fully saturated rings. The van der Waals surface area contributed by atoms with Crippen LogP contribution in [0.5, 0.6) is 0 Å². The fraction of sp³-hybridized carbons (Fsp3) is 0.385. The van der Waals surface area contributed by atoms with Gasteiger partial charge in [-0.3, -0.25) is 4.79 Å². The summed E-state index contributed by atoms with van der Waals surface area (Å²) in [7, 11) is 0. The van der Waals surface area contributed by atoms with Gasteiger partial charge in [0, 0.05) is 23.7 Å². The maximum absolute atomic E-state index is 11.8. The van der Waals surface area contributed by atoms with E-state index in [1.807, 2.05) is 12.3 Å². The van der Waals surface area contributed by atoms with Crippen molar-refractivity contribution in [2.45, 2.75) is 26.2 Å². The van der Waals surface area contributed by atoms with E-state index in [4.69, 9.17) is 5.11 Å². The molecule has 0 spiro atoms. The number of thiazole rings is 2. The first-order chi connectivity index (χ1) is 10.1. The lowest BCUT2D eigenvalue weighted by molar-refractivity contribution is -0.120. The van der Waals surface area contributed by atoms with Crippen LogP contribution in [0, 0.1) is 0 Å². The Kier molecular flexibility index (Phi) is 5.40. The largest absolute Gasteiger partial charge is 0.476 e. The standard InChI is InChI=1S/C13H15N3O3S2/c1-2-11-15-8(6-20-11)5-10(17)14-4-3-12-16-9(7-21-12)13(18)19/h6-7H,2-5H2,1H3,(H,14,17)(H,18,19). The van der Waals surface area contributed by atoms with Crippen LogP contribution in [-0.2, 0) is 24.1 Å². The minimum absolute atomic E-state index is 0.0518. The first-order valence-electron chi connectivity index (χ1n) is 6.46. The Bertz CT molecular complexity index is 636. The highest BCUT2D eigenvalue weighted by atomic mass is 32.1. The van der Waals surface area contributed by atoms with E-state index < -0.39 is 5.97 Å². The molecule has 0 aliphatic carbocycles.